The number of amidine groups is 1. The molecule has 4 atom stereocenters. The Labute approximate surface area is 114 Å². The zero-order valence-corrected chi connectivity index (χ0v) is 11.6. The molecule has 3 unspecified atom stereocenters. The maximum atomic E-state index is 11.2. The van der Waals surface area contributed by atoms with E-state index in [-0.39, 0.29) is 17.3 Å². The minimum atomic E-state index is -0.862. The Bertz CT molecular complexity index is 354. The zero-order chi connectivity index (χ0) is 12.8. The topological polar surface area (TPSA) is 58.6 Å². The Balaban J connectivity index is 1.86. The van der Waals surface area contributed by atoms with Crippen molar-refractivity contribution in [2.75, 3.05) is 0 Å². The van der Waals surface area contributed by atoms with Crippen molar-refractivity contribution in [3.8, 4) is 0 Å². The number of nitrogens with two attached hydrogens (primary N) is 1. The lowest BCUT2D eigenvalue weighted by Gasteiger charge is -2.43. The minimum absolute atomic E-state index is 0.164. The second-order valence-electron chi connectivity index (χ2n) is 6.26. The SMILES string of the molecule is NC1=NC2CCC(Cl)CC2[C@]1(O)C1CCCCC1. The quantitative estimate of drug-likeness (QED) is 0.719. The molecule has 2 fully saturated rings. The van der Waals surface area contributed by atoms with Crippen LogP contribution in [0.4, 0.5) is 0 Å². The molecule has 0 saturated heterocycles. The fourth-order valence-corrected chi connectivity index (χ4v) is 4.58. The summed E-state index contributed by atoms with van der Waals surface area (Å²) in [6, 6.07) is 0.215. The summed E-state index contributed by atoms with van der Waals surface area (Å²) in [6.07, 6.45) is 8.73. The van der Waals surface area contributed by atoms with E-state index >= 15 is 0 Å². The molecule has 3 rings (SSSR count). The number of hydrogen-bond acceptors (Lipinski definition) is 3. The second kappa shape index (κ2) is 4.68. The molecule has 0 amide bonds. The molecule has 18 heavy (non-hydrogen) atoms. The van der Waals surface area contributed by atoms with Crippen molar-refractivity contribution in [1.82, 2.24) is 0 Å². The smallest absolute Gasteiger partial charge is 0.129 e. The lowest BCUT2D eigenvalue weighted by atomic mass is 9.66. The average Bonchev–Trinajstić information content (AvgIpc) is 2.64. The zero-order valence-electron chi connectivity index (χ0n) is 10.8. The standard InChI is InChI=1S/C14H23ClN2O/c15-10-6-7-12-11(8-10)14(18,13(16)17-12)9-4-2-1-3-5-9/h9-12,18H,1-8H2,(H2,16,17)/t10?,11?,12?,14-/m1/s1. The van der Waals surface area contributed by atoms with E-state index in [4.69, 9.17) is 17.3 Å². The first-order valence-corrected chi connectivity index (χ1v) is 7.76. The molecule has 0 aromatic rings. The van der Waals surface area contributed by atoms with Crippen LogP contribution in [0.25, 0.3) is 0 Å². The van der Waals surface area contributed by atoms with E-state index in [1.165, 1.54) is 19.3 Å². The van der Waals surface area contributed by atoms with Crippen molar-refractivity contribution in [2.45, 2.75) is 68.4 Å². The molecule has 0 aromatic heterocycles. The predicted molar refractivity (Wildman–Crippen MR) is 73.9 cm³/mol. The maximum Gasteiger partial charge on any atom is 0.129 e. The summed E-state index contributed by atoms with van der Waals surface area (Å²) in [6.45, 7) is 0. The Morgan fingerprint density at radius 3 is 2.61 bits per heavy atom. The van der Waals surface area contributed by atoms with Gasteiger partial charge in [0.15, 0.2) is 0 Å². The highest BCUT2D eigenvalue weighted by Gasteiger charge is 2.55. The highest BCUT2D eigenvalue weighted by Crippen LogP contribution is 2.48. The van der Waals surface area contributed by atoms with E-state index in [9.17, 15) is 5.11 Å². The number of aliphatic hydroxyl groups is 1. The van der Waals surface area contributed by atoms with Crippen LogP contribution in [0.15, 0.2) is 4.99 Å². The van der Waals surface area contributed by atoms with Gasteiger partial charge in [0.1, 0.15) is 11.4 Å². The Morgan fingerprint density at radius 1 is 1.17 bits per heavy atom. The van der Waals surface area contributed by atoms with Crippen LogP contribution in [0.1, 0.15) is 51.4 Å². The molecular formula is C14H23ClN2O. The molecule has 0 bridgehead atoms. The number of halogens is 1. The van der Waals surface area contributed by atoms with Gasteiger partial charge in [-0.3, -0.25) is 4.99 Å². The Morgan fingerprint density at radius 2 is 1.89 bits per heavy atom. The maximum absolute atomic E-state index is 11.2. The van der Waals surface area contributed by atoms with E-state index < -0.39 is 5.60 Å². The van der Waals surface area contributed by atoms with Crippen LogP contribution in [0.3, 0.4) is 0 Å². The third kappa shape index (κ3) is 1.87. The highest BCUT2D eigenvalue weighted by atomic mass is 35.5. The lowest BCUT2D eigenvalue weighted by molar-refractivity contribution is -0.0289. The summed E-state index contributed by atoms with van der Waals surface area (Å²) in [7, 11) is 0. The highest BCUT2D eigenvalue weighted by molar-refractivity contribution is 6.20. The first-order valence-electron chi connectivity index (χ1n) is 7.32. The largest absolute Gasteiger partial charge is 0.385 e. The van der Waals surface area contributed by atoms with Gasteiger partial charge < -0.3 is 10.8 Å². The fraction of sp³-hybridized carbons (Fsp3) is 0.929. The molecular weight excluding hydrogens is 248 g/mol. The monoisotopic (exact) mass is 270 g/mol. The van der Waals surface area contributed by atoms with Crippen molar-refractivity contribution in [3.63, 3.8) is 0 Å². The summed E-state index contributed by atoms with van der Waals surface area (Å²) in [5, 5.41) is 11.4. The molecule has 0 aromatic carbocycles. The van der Waals surface area contributed by atoms with Gasteiger partial charge in [-0.25, -0.2) is 0 Å². The molecule has 3 aliphatic rings. The van der Waals surface area contributed by atoms with Crippen LogP contribution in [-0.4, -0.2) is 28.0 Å². The van der Waals surface area contributed by atoms with Gasteiger partial charge in [0, 0.05) is 11.3 Å². The van der Waals surface area contributed by atoms with Gasteiger partial charge in [-0.05, 0) is 38.0 Å². The molecule has 0 spiro atoms. The number of alkyl halides is 1. The molecule has 102 valence electrons. The van der Waals surface area contributed by atoms with E-state index in [0.29, 0.717) is 11.8 Å². The van der Waals surface area contributed by atoms with Crippen LogP contribution in [0, 0.1) is 11.8 Å². The number of rotatable bonds is 1. The molecule has 0 radical (unpaired) electrons. The third-order valence-electron chi connectivity index (χ3n) is 5.26. The molecule has 1 heterocycles. The average molecular weight is 271 g/mol. The van der Waals surface area contributed by atoms with E-state index in [0.717, 1.165) is 32.1 Å². The van der Waals surface area contributed by atoms with Crippen LogP contribution in [0.2, 0.25) is 0 Å². The number of nitrogens with zero attached hydrogens (tertiary/aromatic N) is 1. The van der Waals surface area contributed by atoms with Crippen molar-refractivity contribution in [1.29, 1.82) is 0 Å². The van der Waals surface area contributed by atoms with Gasteiger partial charge in [-0.15, -0.1) is 11.6 Å². The van der Waals surface area contributed by atoms with Gasteiger partial charge >= 0.3 is 0 Å². The van der Waals surface area contributed by atoms with Crippen LogP contribution < -0.4 is 5.73 Å². The van der Waals surface area contributed by atoms with Gasteiger partial charge in [-0.1, -0.05) is 19.3 Å². The first kappa shape index (κ1) is 12.7. The summed E-state index contributed by atoms with van der Waals surface area (Å²) < 4.78 is 0. The molecule has 4 heteroatoms. The third-order valence-corrected chi connectivity index (χ3v) is 5.65. The number of hydrogen-bond donors (Lipinski definition) is 2. The summed E-state index contributed by atoms with van der Waals surface area (Å²) in [5.41, 5.74) is 5.24. The van der Waals surface area contributed by atoms with Crippen LogP contribution in [0.5, 0.6) is 0 Å². The van der Waals surface area contributed by atoms with Crippen molar-refractivity contribution in [2.24, 2.45) is 22.6 Å². The first-order chi connectivity index (χ1) is 8.62. The van der Waals surface area contributed by atoms with Gasteiger partial charge in [0.25, 0.3) is 0 Å². The molecule has 2 saturated carbocycles. The molecule has 3 N–H and O–H groups in total. The van der Waals surface area contributed by atoms with Crippen molar-refractivity contribution in [3.05, 3.63) is 0 Å². The normalized spacial score (nSPS) is 45.7. The molecule has 1 aliphatic heterocycles. The van der Waals surface area contributed by atoms with E-state index in [2.05, 4.69) is 4.99 Å². The number of aliphatic imine (C=N–C) groups is 1. The van der Waals surface area contributed by atoms with Crippen LogP contribution >= 0.6 is 11.6 Å². The second-order valence-corrected chi connectivity index (χ2v) is 6.88. The Hall–Kier alpha value is -0.280. The van der Waals surface area contributed by atoms with Gasteiger partial charge in [0.2, 0.25) is 0 Å². The number of fused-ring (bicyclic) bond motifs is 1. The van der Waals surface area contributed by atoms with Gasteiger partial charge in [-0.2, -0.15) is 0 Å². The van der Waals surface area contributed by atoms with Gasteiger partial charge in [0.05, 0.1) is 6.04 Å². The van der Waals surface area contributed by atoms with Crippen molar-refractivity contribution >= 4 is 17.4 Å². The molecule has 3 nitrogen and oxygen atoms in total. The van der Waals surface area contributed by atoms with E-state index in [1.54, 1.807) is 0 Å². The lowest BCUT2D eigenvalue weighted by Crippen LogP contribution is -2.55. The molecule has 2 aliphatic carbocycles. The summed E-state index contributed by atoms with van der Waals surface area (Å²) in [5.74, 6) is 0.957. The Kier molecular flexibility index (Phi) is 3.31. The predicted octanol–water partition coefficient (Wildman–Crippen LogP) is 2.44. The summed E-state index contributed by atoms with van der Waals surface area (Å²) >= 11 is 6.29. The van der Waals surface area contributed by atoms with Crippen LogP contribution in [-0.2, 0) is 0 Å². The van der Waals surface area contributed by atoms with E-state index in [1.807, 2.05) is 0 Å². The fourth-order valence-electron chi connectivity index (χ4n) is 4.26. The summed E-state index contributed by atoms with van der Waals surface area (Å²) in [4.78, 5) is 4.56. The minimum Gasteiger partial charge on any atom is -0.385 e. The van der Waals surface area contributed by atoms with Crippen molar-refractivity contribution < 1.29 is 5.11 Å².